The Morgan fingerprint density at radius 2 is 1.54 bits per heavy atom. The largest absolute Gasteiger partial charge is 0.459 e. The molecule has 0 atom stereocenters. The molecule has 1 aromatic heterocycles. The Hall–Kier alpha value is -4.27. The van der Waals surface area contributed by atoms with E-state index in [1.807, 2.05) is 42.2 Å². The highest BCUT2D eigenvalue weighted by Gasteiger charge is 2.28. The molecule has 192 valence electrons. The van der Waals surface area contributed by atoms with Gasteiger partial charge in [-0.3, -0.25) is 9.59 Å². The molecule has 0 spiro atoms. The highest BCUT2D eigenvalue weighted by Crippen LogP contribution is 2.28. The van der Waals surface area contributed by atoms with E-state index in [2.05, 4.69) is 15.5 Å². The van der Waals surface area contributed by atoms with Crippen LogP contribution in [0.3, 0.4) is 0 Å². The summed E-state index contributed by atoms with van der Waals surface area (Å²) in [7, 11) is 0. The fourth-order valence-corrected chi connectivity index (χ4v) is 4.83. The molecule has 2 N–H and O–H groups in total. The lowest BCUT2D eigenvalue weighted by atomic mass is 10.1. The lowest BCUT2D eigenvalue weighted by Gasteiger charge is -2.37. The third-order valence-corrected chi connectivity index (χ3v) is 6.80. The third kappa shape index (κ3) is 5.61. The van der Waals surface area contributed by atoms with Gasteiger partial charge in [0.15, 0.2) is 5.76 Å². The van der Waals surface area contributed by atoms with E-state index >= 15 is 0 Å². The Bertz CT molecular complexity index is 1280. The van der Waals surface area contributed by atoms with Gasteiger partial charge in [0, 0.05) is 56.3 Å². The summed E-state index contributed by atoms with van der Waals surface area (Å²) in [5.74, 6) is -0.205. The fraction of sp³-hybridized carbons (Fsp3) is 0.321. The second-order valence-corrected chi connectivity index (χ2v) is 9.44. The number of nitrogens with zero attached hydrogens (tertiary/aromatic N) is 3. The van der Waals surface area contributed by atoms with Gasteiger partial charge in [-0.15, -0.1) is 0 Å². The molecule has 4 amide bonds. The number of hydrogen-bond acceptors (Lipinski definition) is 5. The van der Waals surface area contributed by atoms with Crippen LogP contribution in [0.4, 0.5) is 21.9 Å². The Kier molecular flexibility index (Phi) is 7.11. The number of hydrogen-bond donors (Lipinski definition) is 2. The summed E-state index contributed by atoms with van der Waals surface area (Å²) in [5.41, 5.74) is 3.76. The molecule has 9 nitrogen and oxygen atoms in total. The van der Waals surface area contributed by atoms with Crippen LogP contribution in [0, 0.1) is 6.92 Å². The van der Waals surface area contributed by atoms with E-state index < -0.39 is 0 Å². The molecule has 9 heteroatoms. The van der Waals surface area contributed by atoms with E-state index in [9.17, 15) is 14.4 Å². The summed E-state index contributed by atoms with van der Waals surface area (Å²) in [6, 6.07) is 16.3. The van der Waals surface area contributed by atoms with Crippen LogP contribution < -0.4 is 15.5 Å². The van der Waals surface area contributed by atoms with Crippen molar-refractivity contribution in [1.29, 1.82) is 0 Å². The van der Waals surface area contributed by atoms with Crippen molar-refractivity contribution in [2.75, 3.05) is 54.8 Å². The molecule has 2 aromatic carbocycles. The molecule has 0 bridgehead atoms. The van der Waals surface area contributed by atoms with E-state index in [4.69, 9.17) is 4.42 Å². The number of aryl methyl sites for hydroxylation is 1. The summed E-state index contributed by atoms with van der Waals surface area (Å²) in [6.45, 7) is 5.71. The Morgan fingerprint density at radius 3 is 2.24 bits per heavy atom. The van der Waals surface area contributed by atoms with Gasteiger partial charge in [-0.25, -0.2) is 4.79 Å². The molecule has 37 heavy (non-hydrogen) atoms. The minimum Gasteiger partial charge on any atom is -0.459 e. The number of carbonyl (C=O) groups is 3. The first-order chi connectivity index (χ1) is 18.0. The second kappa shape index (κ2) is 10.8. The van der Waals surface area contributed by atoms with Crippen LogP contribution >= 0.6 is 0 Å². The maximum absolute atomic E-state index is 13.5. The highest BCUT2D eigenvalue weighted by atomic mass is 16.3. The molecule has 2 aliphatic rings. The molecule has 2 saturated heterocycles. The number of nitrogens with one attached hydrogen (secondary N) is 2. The molecule has 0 aliphatic carbocycles. The summed E-state index contributed by atoms with van der Waals surface area (Å²) in [5, 5.41) is 5.80. The van der Waals surface area contributed by atoms with Gasteiger partial charge in [-0.2, -0.15) is 0 Å². The third-order valence-electron chi connectivity index (χ3n) is 6.80. The van der Waals surface area contributed by atoms with Crippen LogP contribution in [0.15, 0.2) is 65.3 Å². The molecule has 0 radical (unpaired) electrons. The minimum atomic E-state index is -0.370. The number of furan rings is 1. The van der Waals surface area contributed by atoms with Crippen molar-refractivity contribution >= 4 is 34.9 Å². The number of rotatable bonds is 5. The van der Waals surface area contributed by atoms with Crippen molar-refractivity contribution in [2.24, 2.45) is 0 Å². The number of carbonyl (C=O) groups excluding carboxylic acids is 3. The van der Waals surface area contributed by atoms with Gasteiger partial charge in [0.1, 0.15) is 0 Å². The van der Waals surface area contributed by atoms with Gasteiger partial charge < -0.3 is 29.8 Å². The fourth-order valence-electron chi connectivity index (χ4n) is 4.83. The van der Waals surface area contributed by atoms with E-state index in [1.165, 1.54) is 6.26 Å². The minimum absolute atomic E-state index is 0.0405. The van der Waals surface area contributed by atoms with Crippen molar-refractivity contribution in [2.45, 2.75) is 19.8 Å². The van der Waals surface area contributed by atoms with Crippen LogP contribution in [-0.2, 0) is 0 Å². The predicted molar refractivity (Wildman–Crippen MR) is 142 cm³/mol. The molecule has 2 aliphatic heterocycles. The molecule has 5 rings (SSSR count). The number of anilines is 3. The van der Waals surface area contributed by atoms with Gasteiger partial charge in [0.25, 0.3) is 11.8 Å². The van der Waals surface area contributed by atoms with E-state index in [1.54, 1.807) is 29.2 Å². The van der Waals surface area contributed by atoms with E-state index in [-0.39, 0.29) is 23.6 Å². The van der Waals surface area contributed by atoms with Crippen LogP contribution in [0.25, 0.3) is 0 Å². The Morgan fingerprint density at radius 1 is 0.784 bits per heavy atom. The average molecular weight is 502 g/mol. The zero-order chi connectivity index (χ0) is 25.8. The summed E-state index contributed by atoms with van der Waals surface area (Å²) >= 11 is 0. The summed E-state index contributed by atoms with van der Waals surface area (Å²) < 4.78 is 5.19. The van der Waals surface area contributed by atoms with Crippen molar-refractivity contribution in [3.05, 3.63) is 77.7 Å². The molecule has 0 saturated carbocycles. The number of benzene rings is 2. The van der Waals surface area contributed by atoms with E-state index in [0.29, 0.717) is 37.4 Å². The number of likely N-dealkylation sites (tertiary alicyclic amines) is 1. The average Bonchev–Trinajstić information content (AvgIpc) is 3.63. The van der Waals surface area contributed by atoms with Crippen molar-refractivity contribution in [1.82, 2.24) is 9.80 Å². The molecule has 2 fully saturated rings. The number of piperazine rings is 1. The lowest BCUT2D eigenvalue weighted by molar-refractivity contribution is 0.0792. The Balaban J connectivity index is 1.30. The van der Waals surface area contributed by atoms with Gasteiger partial charge in [-0.1, -0.05) is 12.1 Å². The van der Waals surface area contributed by atoms with Crippen molar-refractivity contribution in [3.8, 4) is 0 Å². The standard InChI is InChI=1S/C28H31N5O4/c1-20-6-4-7-21(18-20)30-28(36)33-15-13-31(14-16-33)24-10-9-22(29-26(34)25-8-5-17-37-25)19-23(24)27(35)32-11-2-3-12-32/h4-10,17-19H,2-3,11-16H2,1H3,(H,29,34)(H,30,36). The maximum atomic E-state index is 13.5. The molecule has 0 unspecified atom stereocenters. The predicted octanol–water partition coefficient (Wildman–Crippen LogP) is 4.43. The highest BCUT2D eigenvalue weighted by molar-refractivity contribution is 6.05. The molecular weight excluding hydrogens is 470 g/mol. The van der Waals surface area contributed by atoms with Gasteiger partial charge in [-0.05, 0) is 67.8 Å². The summed E-state index contributed by atoms with van der Waals surface area (Å²) in [4.78, 5) is 44.6. The van der Waals surface area contributed by atoms with Crippen molar-refractivity contribution < 1.29 is 18.8 Å². The topological polar surface area (TPSA) is 98.1 Å². The number of amides is 4. The lowest BCUT2D eigenvalue weighted by Crippen LogP contribution is -2.50. The first kappa shape index (κ1) is 24.4. The quantitative estimate of drug-likeness (QED) is 0.539. The smallest absolute Gasteiger partial charge is 0.321 e. The van der Waals surface area contributed by atoms with Crippen molar-refractivity contribution in [3.63, 3.8) is 0 Å². The van der Waals surface area contributed by atoms with Gasteiger partial charge >= 0.3 is 6.03 Å². The van der Waals surface area contributed by atoms with Crippen LogP contribution in [-0.4, -0.2) is 66.9 Å². The number of urea groups is 1. The normalized spacial score (nSPS) is 15.5. The first-order valence-electron chi connectivity index (χ1n) is 12.6. The second-order valence-electron chi connectivity index (χ2n) is 9.44. The van der Waals surface area contributed by atoms with Crippen LogP contribution in [0.2, 0.25) is 0 Å². The molecule has 3 aromatic rings. The zero-order valence-electron chi connectivity index (χ0n) is 20.9. The van der Waals surface area contributed by atoms with Gasteiger partial charge in [0.2, 0.25) is 0 Å². The van der Waals surface area contributed by atoms with Gasteiger partial charge in [0.05, 0.1) is 11.8 Å². The molecular formula is C28H31N5O4. The summed E-state index contributed by atoms with van der Waals surface area (Å²) in [6.07, 6.45) is 3.43. The monoisotopic (exact) mass is 501 g/mol. The van der Waals surface area contributed by atoms with E-state index in [0.717, 1.165) is 42.9 Å². The zero-order valence-corrected chi connectivity index (χ0v) is 20.9. The SMILES string of the molecule is Cc1cccc(NC(=O)N2CCN(c3ccc(NC(=O)c4ccco4)cc3C(=O)N3CCCC3)CC2)c1. The maximum Gasteiger partial charge on any atom is 0.321 e. The Labute approximate surface area is 216 Å². The first-order valence-corrected chi connectivity index (χ1v) is 12.6. The van der Waals surface area contributed by atoms with Crippen LogP contribution in [0.1, 0.15) is 39.3 Å². The van der Waals surface area contributed by atoms with Crippen LogP contribution in [0.5, 0.6) is 0 Å². The molecule has 3 heterocycles.